The highest BCUT2D eigenvalue weighted by Gasteiger charge is 2.01. The third-order valence-corrected chi connectivity index (χ3v) is 2.54. The maximum atomic E-state index is 5.94. The Morgan fingerprint density at radius 2 is 2.07 bits per heavy atom. The monoisotopic (exact) mass is 226 g/mol. The minimum absolute atomic E-state index is 0.717. The quantitative estimate of drug-likeness (QED) is 0.782. The third kappa shape index (κ3) is 4.54. The molecule has 1 rings (SSSR count). The Bertz CT molecular complexity index is 292. The van der Waals surface area contributed by atoms with E-state index in [2.05, 4.69) is 18.9 Å². The molecule has 0 aliphatic heterocycles. The molecule has 0 fully saturated rings. The minimum atomic E-state index is 0.717. The molecule has 2 nitrogen and oxygen atoms in total. The average Bonchev–Trinajstić information content (AvgIpc) is 2.13. The number of anilines is 1. The van der Waals surface area contributed by atoms with Crippen LogP contribution < -0.4 is 5.73 Å². The van der Waals surface area contributed by atoms with E-state index in [9.17, 15) is 0 Å². The molecule has 3 heteroatoms. The van der Waals surface area contributed by atoms with Gasteiger partial charge < -0.3 is 10.6 Å². The van der Waals surface area contributed by atoms with Gasteiger partial charge in [0.05, 0.1) is 0 Å². The molecule has 0 aromatic heterocycles. The Balaban J connectivity index is 2.56. The van der Waals surface area contributed by atoms with Gasteiger partial charge in [-0.3, -0.25) is 0 Å². The van der Waals surface area contributed by atoms with Crippen LogP contribution in [-0.4, -0.2) is 18.5 Å². The first-order chi connectivity index (χ1) is 7.11. The lowest BCUT2D eigenvalue weighted by Gasteiger charge is -2.16. The van der Waals surface area contributed by atoms with E-state index < -0.39 is 0 Å². The Morgan fingerprint density at radius 3 is 2.67 bits per heavy atom. The molecule has 0 heterocycles. The van der Waals surface area contributed by atoms with Crippen LogP contribution in [0.25, 0.3) is 0 Å². The van der Waals surface area contributed by atoms with E-state index in [1.54, 1.807) is 6.07 Å². The van der Waals surface area contributed by atoms with Crippen LogP contribution in [-0.2, 0) is 6.54 Å². The molecule has 15 heavy (non-hydrogen) atoms. The maximum absolute atomic E-state index is 5.94. The number of hydrogen-bond donors (Lipinski definition) is 1. The first kappa shape index (κ1) is 12.3. The second-order valence-corrected chi connectivity index (χ2v) is 4.42. The summed E-state index contributed by atoms with van der Waals surface area (Å²) in [5, 5.41) is 0.717. The van der Waals surface area contributed by atoms with E-state index in [4.69, 9.17) is 17.3 Å². The Kier molecular flexibility index (Phi) is 4.92. The number of halogens is 1. The van der Waals surface area contributed by atoms with Crippen LogP contribution in [0, 0.1) is 0 Å². The fraction of sp³-hybridized carbons (Fsp3) is 0.500. The summed E-state index contributed by atoms with van der Waals surface area (Å²) >= 11 is 5.94. The summed E-state index contributed by atoms with van der Waals surface area (Å²) in [6, 6.07) is 5.73. The van der Waals surface area contributed by atoms with E-state index in [1.165, 1.54) is 18.4 Å². The zero-order valence-electron chi connectivity index (χ0n) is 9.46. The molecular formula is C12H19ClN2. The second kappa shape index (κ2) is 5.99. The fourth-order valence-electron chi connectivity index (χ4n) is 1.59. The lowest BCUT2D eigenvalue weighted by Crippen LogP contribution is -2.18. The van der Waals surface area contributed by atoms with Crippen molar-refractivity contribution in [1.82, 2.24) is 4.90 Å². The van der Waals surface area contributed by atoms with Gasteiger partial charge in [0.2, 0.25) is 0 Å². The molecule has 0 atom stereocenters. The van der Waals surface area contributed by atoms with Gasteiger partial charge in [-0.2, -0.15) is 0 Å². The standard InChI is InChI=1S/C12H19ClN2/c1-3-4-5-15(2)9-10-6-11(13)8-12(14)7-10/h6-8H,3-5,9,14H2,1-2H3. The number of nitrogen functional groups attached to an aromatic ring is 1. The van der Waals surface area contributed by atoms with Crippen LogP contribution in [0.1, 0.15) is 25.3 Å². The predicted octanol–water partition coefficient (Wildman–Crippen LogP) is 3.15. The molecule has 0 aliphatic carbocycles. The molecule has 1 aromatic carbocycles. The van der Waals surface area contributed by atoms with Crippen molar-refractivity contribution >= 4 is 17.3 Å². The van der Waals surface area contributed by atoms with Crippen molar-refractivity contribution in [1.29, 1.82) is 0 Å². The summed E-state index contributed by atoms with van der Waals surface area (Å²) in [4.78, 5) is 2.29. The number of hydrogen-bond acceptors (Lipinski definition) is 2. The molecule has 0 spiro atoms. The van der Waals surface area contributed by atoms with Gasteiger partial charge >= 0.3 is 0 Å². The Morgan fingerprint density at radius 1 is 1.33 bits per heavy atom. The van der Waals surface area contributed by atoms with Crippen LogP contribution in [0.3, 0.4) is 0 Å². The summed E-state index contributed by atoms with van der Waals surface area (Å²) in [5.41, 5.74) is 7.65. The molecule has 0 bridgehead atoms. The highest BCUT2D eigenvalue weighted by molar-refractivity contribution is 6.30. The van der Waals surface area contributed by atoms with Crippen molar-refractivity contribution in [2.45, 2.75) is 26.3 Å². The molecule has 0 saturated heterocycles. The summed E-state index contributed by atoms with van der Waals surface area (Å²) in [6.45, 7) is 4.22. The first-order valence-electron chi connectivity index (χ1n) is 5.35. The van der Waals surface area contributed by atoms with Crippen LogP contribution in [0.2, 0.25) is 5.02 Å². The maximum Gasteiger partial charge on any atom is 0.0429 e. The van der Waals surface area contributed by atoms with Gasteiger partial charge in [-0.05, 0) is 43.8 Å². The van der Waals surface area contributed by atoms with Gasteiger partial charge in [-0.1, -0.05) is 24.9 Å². The predicted molar refractivity (Wildman–Crippen MR) is 67.1 cm³/mol. The zero-order chi connectivity index (χ0) is 11.3. The van der Waals surface area contributed by atoms with E-state index >= 15 is 0 Å². The smallest absolute Gasteiger partial charge is 0.0429 e. The molecule has 0 saturated carbocycles. The summed E-state index contributed by atoms with van der Waals surface area (Å²) in [6.07, 6.45) is 2.45. The van der Waals surface area contributed by atoms with Crippen molar-refractivity contribution in [2.75, 3.05) is 19.3 Å². The highest BCUT2D eigenvalue weighted by atomic mass is 35.5. The zero-order valence-corrected chi connectivity index (χ0v) is 10.2. The van der Waals surface area contributed by atoms with E-state index in [0.717, 1.165) is 18.8 Å². The van der Waals surface area contributed by atoms with Crippen LogP contribution in [0.4, 0.5) is 5.69 Å². The molecule has 0 radical (unpaired) electrons. The minimum Gasteiger partial charge on any atom is -0.399 e. The van der Waals surface area contributed by atoms with Crippen molar-refractivity contribution in [2.24, 2.45) is 0 Å². The molecule has 0 amide bonds. The SMILES string of the molecule is CCCCN(C)Cc1cc(N)cc(Cl)c1. The molecule has 2 N–H and O–H groups in total. The summed E-state index contributed by atoms with van der Waals surface area (Å²) < 4.78 is 0. The van der Waals surface area contributed by atoms with Crippen LogP contribution in [0.5, 0.6) is 0 Å². The number of nitrogens with zero attached hydrogens (tertiary/aromatic N) is 1. The van der Waals surface area contributed by atoms with Gasteiger partial charge in [-0.25, -0.2) is 0 Å². The number of benzene rings is 1. The molecule has 1 aromatic rings. The number of rotatable bonds is 5. The summed E-state index contributed by atoms with van der Waals surface area (Å²) in [7, 11) is 2.12. The molecule has 84 valence electrons. The first-order valence-corrected chi connectivity index (χ1v) is 5.73. The molecular weight excluding hydrogens is 208 g/mol. The van der Waals surface area contributed by atoms with E-state index in [-0.39, 0.29) is 0 Å². The van der Waals surface area contributed by atoms with Crippen molar-refractivity contribution in [3.63, 3.8) is 0 Å². The van der Waals surface area contributed by atoms with Crippen molar-refractivity contribution in [3.8, 4) is 0 Å². The number of nitrogens with two attached hydrogens (primary N) is 1. The third-order valence-electron chi connectivity index (χ3n) is 2.33. The lowest BCUT2D eigenvalue weighted by atomic mass is 10.2. The number of unbranched alkanes of at least 4 members (excludes halogenated alkanes) is 1. The van der Waals surface area contributed by atoms with Gasteiger partial charge in [0.1, 0.15) is 0 Å². The Hall–Kier alpha value is -0.730. The lowest BCUT2D eigenvalue weighted by molar-refractivity contribution is 0.321. The van der Waals surface area contributed by atoms with Gasteiger partial charge in [0.15, 0.2) is 0 Å². The van der Waals surface area contributed by atoms with Gasteiger partial charge in [-0.15, -0.1) is 0 Å². The Labute approximate surface area is 97.0 Å². The van der Waals surface area contributed by atoms with Gasteiger partial charge in [0, 0.05) is 17.3 Å². The van der Waals surface area contributed by atoms with Gasteiger partial charge in [0.25, 0.3) is 0 Å². The second-order valence-electron chi connectivity index (χ2n) is 3.98. The van der Waals surface area contributed by atoms with Crippen molar-refractivity contribution < 1.29 is 0 Å². The average molecular weight is 227 g/mol. The summed E-state index contributed by atoms with van der Waals surface area (Å²) in [5.74, 6) is 0. The fourth-order valence-corrected chi connectivity index (χ4v) is 1.85. The molecule has 0 aliphatic rings. The van der Waals surface area contributed by atoms with Crippen molar-refractivity contribution in [3.05, 3.63) is 28.8 Å². The normalized spacial score (nSPS) is 10.9. The van der Waals surface area contributed by atoms with Crippen LogP contribution >= 0.6 is 11.6 Å². The van der Waals surface area contributed by atoms with E-state index in [0.29, 0.717) is 5.02 Å². The van der Waals surface area contributed by atoms with Crippen LogP contribution in [0.15, 0.2) is 18.2 Å². The topological polar surface area (TPSA) is 29.3 Å². The van der Waals surface area contributed by atoms with E-state index in [1.807, 2.05) is 12.1 Å². The molecule has 0 unspecified atom stereocenters. The highest BCUT2D eigenvalue weighted by Crippen LogP contribution is 2.17. The largest absolute Gasteiger partial charge is 0.399 e.